The fraction of sp³-hybridized carbons (Fsp3) is 0.533. The number of halogens is 1. The number of aliphatic hydroxyl groups is 1. The molecule has 20 heavy (non-hydrogen) atoms. The molecule has 1 heterocycles. The lowest BCUT2D eigenvalue weighted by molar-refractivity contribution is 0.176. The number of aliphatic hydroxyl groups excluding tert-OH is 1. The summed E-state index contributed by atoms with van der Waals surface area (Å²) in [6.07, 6.45) is 1.84. The summed E-state index contributed by atoms with van der Waals surface area (Å²) in [5, 5.41) is 13.2. The van der Waals surface area contributed by atoms with Crippen molar-refractivity contribution in [3.8, 4) is 0 Å². The van der Waals surface area contributed by atoms with Crippen LogP contribution in [0.2, 0.25) is 5.02 Å². The molecule has 0 saturated carbocycles. The van der Waals surface area contributed by atoms with Gasteiger partial charge in [0.25, 0.3) is 0 Å². The predicted octanol–water partition coefficient (Wildman–Crippen LogP) is 3.06. The number of urea groups is 1. The lowest BCUT2D eigenvalue weighted by atomic mass is 10.0. The minimum Gasteiger partial charge on any atom is -0.391 e. The molecule has 1 atom stereocenters. The first kappa shape index (κ1) is 15.1. The van der Waals surface area contributed by atoms with E-state index in [1.165, 1.54) is 0 Å². The highest BCUT2D eigenvalue weighted by Crippen LogP contribution is 2.30. The van der Waals surface area contributed by atoms with E-state index >= 15 is 0 Å². The standard InChI is InChI=1S/C15H21ClN2O2/c1-3-10-5-6-13(16)12(4-2)14(10)17-15(20)18-8-7-11(19)9-18/h5-6,11,19H,3-4,7-9H2,1-2H3,(H,17,20)/t11-/m1/s1. The summed E-state index contributed by atoms with van der Waals surface area (Å²) in [5.74, 6) is 0. The maximum atomic E-state index is 12.3. The van der Waals surface area contributed by atoms with Gasteiger partial charge in [0.2, 0.25) is 0 Å². The van der Waals surface area contributed by atoms with Gasteiger partial charge in [-0.2, -0.15) is 0 Å². The lowest BCUT2D eigenvalue weighted by Gasteiger charge is -2.20. The summed E-state index contributed by atoms with van der Waals surface area (Å²) in [6, 6.07) is 3.68. The molecule has 1 aliphatic rings. The lowest BCUT2D eigenvalue weighted by Crippen LogP contribution is -2.34. The fourth-order valence-corrected chi connectivity index (χ4v) is 2.87. The Labute approximate surface area is 124 Å². The van der Waals surface area contributed by atoms with Gasteiger partial charge in [0.1, 0.15) is 0 Å². The third-order valence-electron chi connectivity index (χ3n) is 3.76. The molecule has 4 nitrogen and oxygen atoms in total. The Kier molecular flexibility index (Phi) is 4.89. The Morgan fingerprint density at radius 1 is 1.45 bits per heavy atom. The number of anilines is 1. The molecule has 5 heteroatoms. The van der Waals surface area contributed by atoms with Crippen LogP contribution in [0.4, 0.5) is 10.5 Å². The van der Waals surface area contributed by atoms with E-state index in [4.69, 9.17) is 11.6 Å². The number of nitrogens with one attached hydrogen (secondary N) is 1. The van der Waals surface area contributed by atoms with Gasteiger partial charge >= 0.3 is 6.03 Å². The van der Waals surface area contributed by atoms with Crippen LogP contribution in [0.1, 0.15) is 31.4 Å². The average molecular weight is 297 g/mol. The third-order valence-corrected chi connectivity index (χ3v) is 4.11. The molecule has 0 aliphatic carbocycles. The molecule has 0 unspecified atom stereocenters. The van der Waals surface area contributed by atoms with Crippen LogP contribution in [0.15, 0.2) is 12.1 Å². The van der Waals surface area contributed by atoms with Crippen molar-refractivity contribution in [1.82, 2.24) is 4.90 Å². The number of amides is 2. The van der Waals surface area contributed by atoms with Crippen LogP contribution in [0.25, 0.3) is 0 Å². The number of hydrogen-bond donors (Lipinski definition) is 2. The van der Waals surface area contributed by atoms with E-state index in [0.29, 0.717) is 24.5 Å². The quantitative estimate of drug-likeness (QED) is 0.901. The highest BCUT2D eigenvalue weighted by atomic mass is 35.5. The largest absolute Gasteiger partial charge is 0.391 e. The maximum Gasteiger partial charge on any atom is 0.321 e. The van der Waals surface area contributed by atoms with Crippen LogP contribution in [0.3, 0.4) is 0 Å². The van der Waals surface area contributed by atoms with E-state index in [-0.39, 0.29) is 6.03 Å². The Bertz CT molecular complexity index is 505. The summed E-state index contributed by atoms with van der Waals surface area (Å²) >= 11 is 6.22. The zero-order valence-electron chi connectivity index (χ0n) is 11.9. The van der Waals surface area contributed by atoms with Crippen LogP contribution in [0.5, 0.6) is 0 Å². The Hall–Kier alpha value is -1.26. The normalized spacial score (nSPS) is 18.4. The Morgan fingerprint density at radius 3 is 2.75 bits per heavy atom. The van der Waals surface area contributed by atoms with Crippen LogP contribution in [0, 0.1) is 0 Å². The molecule has 2 amide bonds. The number of likely N-dealkylation sites (tertiary alicyclic amines) is 1. The molecular weight excluding hydrogens is 276 g/mol. The molecular formula is C15H21ClN2O2. The summed E-state index contributed by atoms with van der Waals surface area (Å²) in [6.45, 7) is 5.07. The molecule has 0 bridgehead atoms. The number of rotatable bonds is 3. The first-order chi connectivity index (χ1) is 9.56. The van der Waals surface area contributed by atoms with Gasteiger partial charge in [-0.05, 0) is 36.5 Å². The molecule has 110 valence electrons. The number of β-amino-alcohol motifs (C(OH)–C–C–N with tert-alkyl or cyclic N) is 1. The third kappa shape index (κ3) is 3.07. The molecule has 1 aliphatic heterocycles. The van der Waals surface area contributed by atoms with Gasteiger partial charge in [0.15, 0.2) is 0 Å². The van der Waals surface area contributed by atoms with E-state index < -0.39 is 6.10 Å². The van der Waals surface area contributed by atoms with Crippen molar-refractivity contribution >= 4 is 23.3 Å². The molecule has 0 spiro atoms. The number of carbonyl (C=O) groups is 1. The number of aryl methyl sites for hydroxylation is 1. The van der Waals surface area contributed by atoms with Crippen molar-refractivity contribution in [3.05, 3.63) is 28.3 Å². The smallest absolute Gasteiger partial charge is 0.321 e. The highest BCUT2D eigenvalue weighted by molar-refractivity contribution is 6.31. The first-order valence-corrected chi connectivity index (χ1v) is 7.48. The van der Waals surface area contributed by atoms with Crippen LogP contribution in [-0.2, 0) is 12.8 Å². The molecule has 0 radical (unpaired) electrons. The minimum absolute atomic E-state index is 0.159. The fourth-order valence-electron chi connectivity index (χ4n) is 2.58. The van der Waals surface area contributed by atoms with Crippen molar-refractivity contribution in [2.75, 3.05) is 18.4 Å². The molecule has 2 N–H and O–H groups in total. The number of nitrogens with zero attached hydrogens (tertiary/aromatic N) is 1. The monoisotopic (exact) mass is 296 g/mol. The van der Waals surface area contributed by atoms with Gasteiger partial charge in [-0.3, -0.25) is 0 Å². The van der Waals surface area contributed by atoms with Crippen molar-refractivity contribution in [2.45, 2.75) is 39.2 Å². The maximum absolute atomic E-state index is 12.3. The first-order valence-electron chi connectivity index (χ1n) is 7.11. The Morgan fingerprint density at radius 2 is 2.20 bits per heavy atom. The van der Waals surface area contributed by atoms with Crippen molar-refractivity contribution in [2.24, 2.45) is 0 Å². The van der Waals surface area contributed by atoms with E-state index in [1.807, 2.05) is 19.1 Å². The SMILES string of the molecule is CCc1ccc(Cl)c(CC)c1NC(=O)N1CC[C@@H](O)C1. The summed E-state index contributed by atoms with van der Waals surface area (Å²) in [7, 11) is 0. The van der Waals surface area contributed by atoms with E-state index in [9.17, 15) is 9.90 Å². The zero-order chi connectivity index (χ0) is 14.7. The second-order valence-electron chi connectivity index (χ2n) is 5.09. The summed E-state index contributed by atoms with van der Waals surface area (Å²) in [4.78, 5) is 13.9. The summed E-state index contributed by atoms with van der Waals surface area (Å²) in [5.41, 5.74) is 2.88. The summed E-state index contributed by atoms with van der Waals surface area (Å²) < 4.78 is 0. The Balaban J connectivity index is 2.23. The second kappa shape index (κ2) is 6.46. The number of benzene rings is 1. The van der Waals surface area contributed by atoms with Crippen LogP contribution < -0.4 is 5.32 Å². The second-order valence-corrected chi connectivity index (χ2v) is 5.49. The minimum atomic E-state index is -0.406. The van der Waals surface area contributed by atoms with Gasteiger partial charge in [-0.15, -0.1) is 0 Å². The molecule has 2 rings (SSSR count). The van der Waals surface area contributed by atoms with Crippen LogP contribution in [-0.4, -0.2) is 35.2 Å². The van der Waals surface area contributed by atoms with E-state index in [0.717, 1.165) is 29.7 Å². The van der Waals surface area contributed by atoms with Crippen molar-refractivity contribution in [1.29, 1.82) is 0 Å². The molecule has 1 fully saturated rings. The average Bonchev–Trinajstić information content (AvgIpc) is 2.86. The highest BCUT2D eigenvalue weighted by Gasteiger charge is 2.25. The van der Waals surface area contributed by atoms with Crippen molar-refractivity contribution < 1.29 is 9.90 Å². The zero-order valence-corrected chi connectivity index (χ0v) is 12.7. The number of hydrogen-bond acceptors (Lipinski definition) is 2. The van der Waals surface area contributed by atoms with E-state index in [1.54, 1.807) is 4.90 Å². The van der Waals surface area contributed by atoms with Gasteiger partial charge in [0, 0.05) is 18.1 Å². The molecule has 1 saturated heterocycles. The van der Waals surface area contributed by atoms with E-state index in [2.05, 4.69) is 12.2 Å². The van der Waals surface area contributed by atoms with Crippen LogP contribution >= 0.6 is 11.6 Å². The van der Waals surface area contributed by atoms with Gasteiger partial charge in [-0.1, -0.05) is 31.5 Å². The van der Waals surface area contributed by atoms with Gasteiger partial charge in [-0.25, -0.2) is 4.79 Å². The van der Waals surface area contributed by atoms with Crippen molar-refractivity contribution in [3.63, 3.8) is 0 Å². The molecule has 0 aromatic heterocycles. The predicted molar refractivity (Wildman–Crippen MR) is 81.4 cm³/mol. The topological polar surface area (TPSA) is 52.6 Å². The number of carbonyl (C=O) groups excluding carboxylic acids is 1. The molecule has 1 aromatic rings. The van der Waals surface area contributed by atoms with Gasteiger partial charge in [0.05, 0.1) is 11.8 Å². The van der Waals surface area contributed by atoms with Gasteiger partial charge < -0.3 is 15.3 Å². The molecule has 1 aromatic carbocycles.